The summed E-state index contributed by atoms with van der Waals surface area (Å²) in [5.74, 6) is 0.0298. The topological polar surface area (TPSA) is 77.2 Å². The maximum absolute atomic E-state index is 12.8. The Morgan fingerprint density at radius 1 is 1.24 bits per heavy atom. The number of pyridine rings is 1. The Kier molecular flexibility index (Phi) is 5.46. The van der Waals surface area contributed by atoms with Crippen LogP contribution in [0.2, 0.25) is 0 Å². The van der Waals surface area contributed by atoms with Crippen molar-refractivity contribution in [1.29, 1.82) is 0 Å². The average Bonchev–Trinajstić information content (AvgIpc) is 2.69. The van der Waals surface area contributed by atoms with Crippen LogP contribution in [0.3, 0.4) is 0 Å². The van der Waals surface area contributed by atoms with E-state index in [2.05, 4.69) is 22.4 Å². The van der Waals surface area contributed by atoms with E-state index in [1.165, 1.54) is 0 Å². The molecule has 1 unspecified atom stereocenters. The van der Waals surface area contributed by atoms with Crippen LogP contribution in [0.1, 0.15) is 31.4 Å². The van der Waals surface area contributed by atoms with Crippen LogP contribution in [0.5, 0.6) is 0 Å². The summed E-state index contributed by atoms with van der Waals surface area (Å²) in [7, 11) is 0. The molecule has 25 heavy (non-hydrogen) atoms. The summed E-state index contributed by atoms with van der Waals surface area (Å²) in [5.41, 5.74) is 8.68. The predicted molar refractivity (Wildman–Crippen MR) is 97.8 cm³/mol. The van der Waals surface area contributed by atoms with Gasteiger partial charge in [-0.15, -0.1) is 0 Å². The zero-order chi connectivity index (χ0) is 17.7. The molecule has 1 amide bonds. The zero-order valence-electron chi connectivity index (χ0n) is 14.6. The number of carbonyl (C=O) groups is 1. The molecule has 1 aliphatic rings. The van der Waals surface area contributed by atoms with Crippen LogP contribution < -0.4 is 11.1 Å². The first-order valence-corrected chi connectivity index (χ1v) is 8.74. The van der Waals surface area contributed by atoms with E-state index >= 15 is 0 Å². The molecule has 0 radical (unpaired) electrons. The summed E-state index contributed by atoms with van der Waals surface area (Å²) >= 11 is 0. The number of hydrogen-bond acceptors (Lipinski definition) is 4. The minimum Gasteiger partial charge on any atom is -0.381 e. The van der Waals surface area contributed by atoms with Crippen molar-refractivity contribution < 1.29 is 9.53 Å². The van der Waals surface area contributed by atoms with Gasteiger partial charge in [-0.05, 0) is 42.5 Å². The number of nitrogens with two attached hydrogens (primary N) is 1. The highest BCUT2D eigenvalue weighted by Crippen LogP contribution is 2.30. The van der Waals surface area contributed by atoms with Crippen molar-refractivity contribution in [3.63, 3.8) is 0 Å². The second-order valence-corrected chi connectivity index (χ2v) is 6.66. The fourth-order valence-corrected chi connectivity index (χ4v) is 3.22. The number of amides is 1. The van der Waals surface area contributed by atoms with Crippen LogP contribution in [0.25, 0.3) is 11.1 Å². The van der Waals surface area contributed by atoms with E-state index in [1.54, 1.807) is 6.20 Å². The van der Waals surface area contributed by atoms with Gasteiger partial charge in [0.1, 0.15) is 0 Å². The number of benzene rings is 1. The highest BCUT2D eigenvalue weighted by atomic mass is 16.5. The quantitative estimate of drug-likeness (QED) is 0.878. The Morgan fingerprint density at radius 2 is 1.96 bits per heavy atom. The fraction of sp³-hybridized carbons (Fsp3) is 0.400. The molecule has 5 heteroatoms. The van der Waals surface area contributed by atoms with E-state index < -0.39 is 5.41 Å². The van der Waals surface area contributed by atoms with Gasteiger partial charge < -0.3 is 15.8 Å². The Balaban J connectivity index is 1.68. The number of hydrogen-bond donors (Lipinski definition) is 2. The second kappa shape index (κ2) is 7.76. The third-order valence-corrected chi connectivity index (χ3v) is 5.08. The lowest BCUT2D eigenvalue weighted by atomic mass is 9.79. The molecule has 2 aromatic rings. The smallest absolute Gasteiger partial charge is 0.228 e. The minimum absolute atomic E-state index is 0.0298. The monoisotopic (exact) mass is 339 g/mol. The van der Waals surface area contributed by atoms with Crippen LogP contribution in [0.15, 0.2) is 48.8 Å². The van der Waals surface area contributed by atoms with Gasteiger partial charge in [-0.3, -0.25) is 9.78 Å². The molecule has 0 spiro atoms. The summed E-state index contributed by atoms with van der Waals surface area (Å²) in [6.07, 6.45) is 4.97. The van der Waals surface area contributed by atoms with Crippen molar-refractivity contribution in [2.24, 2.45) is 11.1 Å². The van der Waals surface area contributed by atoms with Crippen molar-refractivity contribution in [2.75, 3.05) is 19.8 Å². The van der Waals surface area contributed by atoms with E-state index in [9.17, 15) is 4.79 Å². The van der Waals surface area contributed by atoms with E-state index in [4.69, 9.17) is 10.5 Å². The van der Waals surface area contributed by atoms with Crippen molar-refractivity contribution in [2.45, 2.75) is 25.8 Å². The van der Waals surface area contributed by atoms with Crippen LogP contribution >= 0.6 is 0 Å². The predicted octanol–water partition coefficient (Wildman–Crippen LogP) is 2.68. The molecule has 0 aliphatic carbocycles. The number of nitrogens with zero attached hydrogens (tertiary/aromatic N) is 1. The second-order valence-electron chi connectivity index (χ2n) is 6.66. The fourth-order valence-electron chi connectivity index (χ4n) is 3.22. The van der Waals surface area contributed by atoms with Gasteiger partial charge in [-0.2, -0.15) is 0 Å². The molecule has 0 saturated carbocycles. The third-order valence-electron chi connectivity index (χ3n) is 5.08. The summed E-state index contributed by atoms with van der Waals surface area (Å²) in [6, 6.07) is 12.1. The van der Waals surface area contributed by atoms with E-state index in [0.29, 0.717) is 32.6 Å². The van der Waals surface area contributed by atoms with Crippen molar-refractivity contribution in [3.05, 3.63) is 54.4 Å². The standard InChI is InChI=1S/C20H25N3O2/c1-15(23-19(24)20(14-21)8-11-25-12-9-20)16-4-6-17(7-5-16)18-3-2-10-22-13-18/h2-7,10,13,15H,8-9,11-12,14,21H2,1H3,(H,23,24). The lowest BCUT2D eigenvalue weighted by Gasteiger charge is -2.35. The molecule has 1 aromatic carbocycles. The van der Waals surface area contributed by atoms with Gasteiger partial charge in [0.15, 0.2) is 0 Å². The lowest BCUT2D eigenvalue weighted by molar-refractivity contribution is -0.136. The number of ether oxygens (including phenoxy) is 1. The Bertz CT molecular complexity index is 695. The van der Waals surface area contributed by atoms with Crippen LogP contribution in [-0.4, -0.2) is 30.6 Å². The molecule has 0 bridgehead atoms. The maximum Gasteiger partial charge on any atom is 0.228 e. The molecule has 3 rings (SSSR count). The van der Waals surface area contributed by atoms with Crippen LogP contribution in [0.4, 0.5) is 0 Å². The lowest BCUT2D eigenvalue weighted by Crippen LogP contribution is -2.49. The van der Waals surface area contributed by atoms with E-state index in [-0.39, 0.29) is 11.9 Å². The first-order chi connectivity index (χ1) is 12.1. The van der Waals surface area contributed by atoms with Crippen LogP contribution in [-0.2, 0) is 9.53 Å². The Hall–Kier alpha value is -2.24. The minimum atomic E-state index is -0.498. The number of nitrogens with one attached hydrogen (secondary N) is 1. The van der Waals surface area contributed by atoms with Gasteiger partial charge in [0.05, 0.1) is 11.5 Å². The number of rotatable bonds is 5. The van der Waals surface area contributed by atoms with Crippen molar-refractivity contribution in [3.8, 4) is 11.1 Å². The van der Waals surface area contributed by atoms with Gasteiger partial charge in [0.2, 0.25) is 5.91 Å². The molecule has 5 nitrogen and oxygen atoms in total. The molecule has 1 aliphatic heterocycles. The Labute approximate surface area is 148 Å². The van der Waals surface area contributed by atoms with Crippen LogP contribution in [0, 0.1) is 5.41 Å². The summed E-state index contributed by atoms with van der Waals surface area (Å²) in [5, 5.41) is 3.13. The number of carbonyl (C=O) groups excluding carboxylic acids is 1. The van der Waals surface area contributed by atoms with Gasteiger partial charge >= 0.3 is 0 Å². The molecule has 1 fully saturated rings. The number of aromatic nitrogens is 1. The molecular formula is C20H25N3O2. The third kappa shape index (κ3) is 3.89. The summed E-state index contributed by atoms with van der Waals surface area (Å²) in [4.78, 5) is 16.9. The van der Waals surface area contributed by atoms with Gasteiger partial charge in [-0.1, -0.05) is 30.3 Å². The summed E-state index contributed by atoms with van der Waals surface area (Å²) < 4.78 is 5.38. The molecule has 3 N–H and O–H groups in total. The van der Waals surface area contributed by atoms with Gasteiger partial charge in [0, 0.05) is 32.2 Å². The van der Waals surface area contributed by atoms with Gasteiger partial charge in [0.25, 0.3) is 0 Å². The SMILES string of the molecule is CC(NC(=O)C1(CN)CCOCC1)c1ccc(-c2cccnc2)cc1. The van der Waals surface area contributed by atoms with Crippen molar-refractivity contribution >= 4 is 5.91 Å². The highest BCUT2D eigenvalue weighted by Gasteiger charge is 2.39. The Morgan fingerprint density at radius 3 is 2.56 bits per heavy atom. The van der Waals surface area contributed by atoms with Gasteiger partial charge in [-0.25, -0.2) is 0 Å². The maximum atomic E-state index is 12.8. The molecule has 1 aromatic heterocycles. The first kappa shape index (κ1) is 17.6. The molecule has 1 saturated heterocycles. The average molecular weight is 339 g/mol. The van der Waals surface area contributed by atoms with E-state index in [0.717, 1.165) is 16.7 Å². The van der Waals surface area contributed by atoms with Crippen molar-refractivity contribution in [1.82, 2.24) is 10.3 Å². The normalized spacial score (nSPS) is 17.7. The zero-order valence-corrected chi connectivity index (χ0v) is 14.6. The summed E-state index contributed by atoms with van der Waals surface area (Å²) in [6.45, 7) is 3.55. The molecule has 2 heterocycles. The largest absolute Gasteiger partial charge is 0.381 e. The molecule has 132 valence electrons. The first-order valence-electron chi connectivity index (χ1n) is 8.74. The highest BCUT2D eigenvalue weighted by molar-refractivity contribution is 5.83. The van der Waals surface area contributed by atoms with E-state index in [1.807, 2.05) is 37.4 Å². The molecule has 1 atom stereocenters. The molecular weight excluding hydrogens is 314 g/mol.